The quantitative estimate of drug-likeness (QED) is 0.102. The van der Waals surface area contributed by atoms with Crippen LogP contribution in [-0.4, -0.2) is 71.6 Å². The second-order valence-corrected chi connectivity index (χ2v) is 13.4. The molecule has 6 N–H and O–H groups in total. The number of hydrogen-bond donors (Lipinski definition) is 5. The van der Waals surface area contributed by atoms with Crippen LogP contribution in [0.1, 0.15) is 40.1 Å². The number of rotatable bonds is 10. The molecule has 1 aliphatic heterocycles. The largest absolute Gasteiger partial charge is 0.488 e. The lowest BCUT2D eigenvalue weighted by molar-refractivity contribution is 0.0341. The van der Waals surface area contributed by atoms with E-state index in [0.717, 1.165) is 16.3 Å². The van der Waals surface area contributed by atoms with E-state index in [1.807, 2.05) is 87.6 Å². The van der Waals surface area contributed by atoms with Gasteiger partial charge in [-0.1, -0.05) is 67.6 Å². The van der Waals surface area contributed by atoms with Crippen LogP contribution >= 0.6 is 0 Å². The van der Waals surface area contributed by atoms with Gasteiger partial charge in [-0.2, -0.15) is 0 Å². The molecule has 0 aromatic heterocycles. The Kier molecular flexibility index (Phi) is 11.0. The molecule has 52 heavy (non-hydrogen) atoms. The van der Waals surface area contributed by atoms with Crippen LogP contribution in [0.25, 0.3) is 10.8 Å². The Labute approximate surface area is 303 Å². The summed E-state index contributed by atoms with van der Waals surface area (Å²) in [5.74, 6) is -0.200. The van der Waals surface area contributed by atoms with Crippen molar-refractivity contribution in [1.29, 1.82) is 0 Å². The number of carbonyl (C=O) groups is 3. The highest BCUT2D eigenvalue weighted by atomic mass is 16.5. The number of nitrogens with one attached hydrogen (secondary N) is 3. The lowest BCUT2D eigenvalue weighted by Gasteiger charge is -2.38. The molecule has 5 aromatic carbocycles. The van der Waals surface area contributed by atoms with Gasteiger partial charge in [0.25, 0.3) is 11.8 Å². The Morgan fingerprint density at radius 1 is 0.923 bits per heavy atom. The third-order valence-corrected chi connectivity index (χ3v) is 9.33. The van der Waals surface area contributed by atoms with Crippen molar-refractivity contribution in [2.75, 3.05) is 48.4 Å². The standard InChI is InChI=1S/C41H44N6O5/c1-26-22-47(27(2)25-48)40(50)33-21-31(43-41(51)45-35-14-8-10-29-9-4-5-11-32(29)35)19-20-37(33)52-38(26)24-46(3)23-28-15-17-30(18-16-28)39(49)44-36-13-7-6-12-34(36)42/h4-21,26-27,38,48H,22-25,42H2,1-3H3,(H,44,49)(H2,43,45,51)/t26-,27-,38-/m0/s1. The monoisotopic (exact) mass is 700 g/mol. The first-order valence-corrected chi connectivity index (χ1v) is 17.3. The Bertz CT molecular complexity index is 2060. The maximum Gasteiger partial charge on any atom is 0.323 e. The van der Waals surface area contributed by atoms with Crippen LogP contribution in [0.15, 0.2) is 109 Å². The van der Waals surface area contributed by atoms with Gasteiger partial charge in [0.05, 0.1) is 35.3 Å². The summed E-state index contributed by atoms with van der Waals surface area (Å²) in [6.45, 7) is 5.15. The average Bonchev–Trinajstić information content (AvgIpc) is 3.14. The van der Waals surface area contributed by atoms with E-state index in [1.54, 1.807) is 47.4 Å². The predicted octanol–water partition coefficient (Wildman–Crippen LogP) is 6.67. The molecule has 3 atom stereocenters. The van der Waals surface area contributed by atoms with Gasteiger partial charge in [0.1, 0.15) is 11.9 Å². The van der Waals surface area contributed by atoms with Crippen LogP contribution in [0.2, 0.25) is 0 Å². The number of aliphatic hydroxyl groups is 1. The number of carbonyl (C=O) groups excluding carboxylic acids is 3. The fraction of sp³-hybridized carbons (Fsp3) is 0.244. The minimum absolute atomic E-state index is 0.0747. The molecule has 0 saturated carbocycles. The molecule has 1 heterocycles. The second-order valence-electron chi connectivity index (χ2n) is 13.4. The van der Waals surface area contributed by atoms with Gasteiger partial charge in [-0.25, -0.2) is 4.79 Å². The summed E-state index contributed by atoms with van der Waals surface area (Å²) in [5, 5.41) is 20.6. The number of fused-ring (bicyclic) bond motifs is 2. The van der Waals surface area contributed by atoms with Gasteiger partial charge in [-0.15, -0.1) is 0 Å². The fourth-order valence-electron chi connectivity index (χ4n) is 6.39. The van der Waals surface area contributed by atoms with Crippen molar-refractivity contribution >= 4 is 51.4 Å². The zero-order valence-corrected chi connectivity index (χ0v) is 29.5. The number of nitrogen functional groups attached to an aromatic ring is 1. The van der Waals surface area contributed by atoms with Crippen LogP contribution in [0.3, 0.4) is 0 Å². The van der Waals surface area contributed by atoms with Crippen molar-refractivity contribution in [3.05, 3.63) is 126 Å². The number of amides is 4. The van der Waals surface area contributed by atoms with Gasteiger partial charge in [-0.05, 0) is 73.5 Å². The smallest absolute Gasteiger partial charge is 0.323 e. The summed E-state index contributed by atoms with van der Waals surface area (Å²) in [7, 11) is 2.00. The van der Waals surface area contributed by atoms with Gasteiger partial charge in [0.2, 0.25) is 0 Å². The number of aliphatic hydroxyl groups excluding tert-OH is 1. The molecule has 1 aliphatic rings. The molecule has 0 spiro atoms. The van der Waals surface area contributed by atoms with Crippen LogP contribution in [0, 0.1) is 5.92 Å². The summed E-state index contributed by atoms with van der Waals surface area (Å²) in [4.78, 5) is 43.7. The van der Waals surface area contributed by atoms with Gasteiger partial charge in [0, 0.05) is 42.2 Å². The first-order chi connectivity index (χ1) is 25.1. The van der Waals surface area contributed by atoms with Crippen molar-refractivity contribution in [2.45, 2.75) is 32.5 Å². The first-order valence-electron chi connectivity index (χ1n) is 17.3. The number of nitrogens with two attached hydrogens (primary N) is 1. The summed E-state index contributed by atoms with van der Waals surface area (Å²) in [6.07, 6.45) is -0.305. The lowest BCUT2D eigenvalue weighted by atomic mass is 9.99. The second kappa shape index (κ2) is 16.0. The SMILES string of the molecule is C[C@H]1CN([C@@H](C)CO)C(=O)c2cc(NC(=O)Nc3cccc4ccccc34)ccc2O[C@H]1CN(C)Cc1ccc(C(=O)Nc2ccccc2N)cc1. The van der Waals surface area contributed by atoms with E-state index in [2.05, 4.69) is 20.9 Å². The lowest BCUT2D eigenvalue weighted by Crippen LogP contribution is -2.49. The number of para-hydroxylation sites is 2. The van der Waals surface area contributed by atoms with E-state index in [4.69, 9.17) is 10.5 Å². The molecule has 5 aromatic rings. The summed E-state index contributed by atoms with van der Waals surface area (Å²) in [6, 6.07) is 32.2. The minimum Gasteiger partial charge on any atom is -0.488 e. The van der Waals surface area contributed by atoms with Gasteiger partial charge < -0.3 is 36.4 Å². The molecule has 0 fully saturated rings. The maximum atomic E-state index is 13.9. The minimum atomic E-state index is -0.446. The van der Waals surface area contributed by atoms with E-state index < -0.39 is 12.1 Å². The van der Waals surface area contributed by atoms with Gasteiger partial charge in [0.15, 0.2) is 0 Å². The zero-order chi connectivity index (χ0) is 36.8. The Hall–Kier alpha value is -5.91. The molecule has 4 amide bonds. The molecule has 6 rings (SSSR count). The normalized spacial score (nSPS) is 16.3. The highest BCUT2D eigenvalue weighted by molar-refractivity contribution is 6.07. The predicted molar refractivity (Wildman–Crippen MR) is 206 cm³/mol. The van der Waals surface area contributed by atoms with Crippen LogP contribution < -0.4 is 26.4 Å². The van der Waals surface area contributed by atoms with Crippen molar-refractivity contribution in [2.24, 2.45) is 5.92 Å². The molecular formula is C41H44N6O5. The first kappa shape index (κ1) is 35.9. The van der Waals surface area contributed by atoms with E-state index in [1.165, 1.54) is 0 Å². The number of hydrogen-bond acceptors (Lipinski definition) is 7. The zero-order valence-electron chi connectivity index (χ0n) is 29.5. The molecule has 0 unspecified atom stereocenters. The van der Waals surface area contributed by atoms with Crippen molar-refractivity contribution in [3.8, 4) is 5.75 Å². The molecule has 0 saturated heterocycles. The molecule has 0 aliphatic carbocycles. The van der Waals surface area contributed by atoms with E-state index >= 15 is 0 Å². The van der Waals surface area contributed by atoms with Gasteiger partial charge >= 0.3 is 6.03 Å². The van der Waals surface area contributed by atoms with Crippen molar-refractivity contribution in [1.82, 2.24) is 9.80 Å². The summed E-state index contributed by atoms with van der Waals surface area (Å²) < 4.78 is 6.57. The Morgan fingerprint density at radius 3 is 2.40 bits per heavy atom. The fourth-order valence-corrected chi connectivity index (χ4v) is 6.39. The number of anilines is 4. The number of nitrogens with zero attached hydrogens (tertiary/aromatic N) is 2. The molecular weight excluding hydrogens is 656 g/mol. The molecule has 11 heteroatoms. The third kappa shape index (κ3) is 8.34. The topological polar surface area (TPSA) is 149 Å². The Morgan fingerprint density at radius 2 is 1.63 bits per heavy atom. The Balaban J connectivity index is 1.15. The van der Waals surface area contributed by atoms with Crippen molar-refractivity contribution < 1.29 is 24.2 Å². The number of urea groups is 1. The maximum absolute atomic E-state index is 13.9. The van der Waals surface area contributed by atoms with E-state index in [9.17, 15) is 19.5 Å². The molecule has 0 radical (unpaired) electrons. The molecule has 11 nitrogen and oxygen atoms in total. The van der Waals surface area contributed by atoms with Crippen LogP contribution in [-0.2, 0) is 6.54 Å². The highest BCUT2D eigenvalue weighted by Gasteiger charge is 2.33. The summed E-state index contributed by atoms with van der Waals surface area (Å²) >= 11 is 0. The van der Waals surface area contributed by atoms with E-state index in [-0.39, 0.29) is 30.4 Å². The number of likely N-dealkylation sites (N-methyl/N-ethyl adjacent to an activating group) is 1. The van der Waals surface area contributed by atoms with E-state index in [0.29, 0.717) is 59.3 Å². The van der Waals surface area contributed by atoms with Gasteiger partial charge in [-0.3, -0.25) is 14.5 Å². The van der Waals surface area contributed by atoms with Crippen LogP contribution in [0.5, 0.6) is 5.75 Å². The average molecular weight is 701 g/mol. The number of ether oxygens (including phenoxy) is 1. The van der Waals surface area contributed by atoms with Crippen molar-refractivity contribution in [3.63, 3.8) is 0 Å². The molecule has 268 valence electrons. The number of benzene rings is 5. The van der Waals surface area contributed by atoms with Crippen LogP contribution in [0.4, 0.5) is 27.5 Å². The molecule has 0 bridgehead atoms. The highest BCUT2D eigenvalue weighted by Crippen LogP contribution is 2.31. The summed E-state index contributed by atoms with van der Waals surface area (Å²) in [5.41, 5.74) is 9.97. The third-order valence-electron chi connectivity index (χ3n) is 9.33.